The Bertz CT molecular complexity index is 529. The first kappa shape index (κ1) is 15.0. The second-order valence-corrected chi connectivity index (χ2v) is 5.83. The highest BCUT2D eigenvalue weighted by Gasteiger charge is 2.28. The molecule has 1 aliphatic heterocycles. The van der Waals surface area contributed by atoms with Gasteiger partial charge in [-0.05, 0) is 24.9 Å². The molecule has 20 heavy (non-hydrogen) atoms. The average Bonchev–Trinajstić information content (AvgIpc) is 2.93. The third-order valence-electron chi connectivity index (χ3n) is 3.70. The van der Waals surface area contributed by atoms with Crippen LogP contribution in [0.3, 0.4) is 0 Å². The Kier molecular flexibility index (Phi) is 5.18. The van der Waals surface area contributed by atoms with Crippen molar-refractivity contribution in [1.29, 1.82) is 0 Å². The molecule has 0 bridgehead atoms. The Morgan fingerprint density at radius 2 is 2.35 bits per heavy atom. The highest BCUT2D eigenvalue weighted by Crippen LogP contribution is 2.20. The first-order chi connectivity index (χ1) is 9.67. The fraction of sp³-hybridized carbons (Fsp3) is 0.533. The molecular formula is C15H20N2O2S. The fourth-order valence-corrected chi connectivity index (χ4v) is 3.24. The first-order valence-corrected chi connectivity index (χ1v) is 7.72. The van der Waals surface area contributed by atoms with Crippen LogP contribution in [0.5, 0.6) is 0 Å². The van der Waals surface area contributed by atoms with Crippen LogP contribution >= 0.6 is 11.3 Å². The molecule has 0 aromatic carbocycles. The quantitative estimate of drug-likeness (QED) is 0.835. The van der Waals surface area contributed by atoms with Gasteiger partial charge in [0.05, 0.1) is 0 Å². The molecule has 5 heteroatoms. The summed E-state index contributed by atoms with van der Waals surface area (Å²) < 4.78 is 0. The lowest BCUT2D eigenvalue weighted by atomic mass is 10.1. The van der Waals surface area contributed by atoms with Crippen LogP contribution in [0.1, 0.15) is 28.6 Å². The van der Waals surface area contributed by atoms with Crippen LogP contribution in [0.15, 0.2) is 11.4 Å². The number of amides is 1. The van der Waals surface area contributed by atoms with E-state index >= 15 is 0 Å². The standard InChI is InChI=1S/C15H20N2O2S/c1-3-13-11-17(8-7-16(13)2)15(19)14-12(5-4-9-18)6-10-20-14/h6,10,13,18H,3,7-9,11H2,1-2H3. The predicted molar refractivity (Wildman–Crippen MR) is 80.9 cm³/mol. The maximum Gasteiger partial charge on any atom is 0.265 e. The third-order valence-corrected chi connectivity index (χ3v) is 4.60. The van der Waals surface area contributed by atoms with Crippen molar-refractivity contribution in [3.63, 3.8) is 0 Å². The summed E-state index contributed by atoms with van der Waals surface area (Å²) in [5, 5.41) is 10.6. The predicted octanol–water partition coefficient (Wildman–Crippen LogP) is 1.26. The minimum absolute atomic E-state index is 0.0637. The Balaban J connectivity index is 2.14. The SMILES string of the molecule is CCC1CN(C(=O)c2sccc2C#CCO)CCN1C. The van der Waals surface area contributed by atoms with Gasteiger partial charge < -0.3 is 10.0 Å². The van der Waals surface area contributed by atoms with Crippen LogP contribution in [0, 0.1) is 11.8 Å². The molecule has 1 unspecified atom stereocenters. The number of piperazine rings is 1. The molecule has 1 saturated heterocycles. The van der Waals surface area contributed by atoms with E-state index in [9.17, 15) is 4.79 Å². The summed E-state index contributed by atoms with van der Waals surface area (Å²) in [6.45, 7) is 4.41. The van der Waals surface area contributed by atoms with Gasteiger partial charge in [-0.3, -0.25) is 9.69 Å². The van der Waals surface area contributed by atoms with Gasteiger partial charge in [-0.2, -0.15) is 0 Å². The second-order valence-electron chi connectivity index (χ2n) is 4.92. The van der Waals surface area contributed by atoms with Crippen molar-refractivity contribution in [3.05, 3.63) is 21.9 Å². The molecule has 1 aromatic heterocycles. The molecule has 0 radical (unpaired) electrons. The summed E-state index contributed by atoms with van der Waals surface area (Å²) in [7, 11) is 2.11. The van der Waals surface area contributed by atoms with Gasteiger partial charge in [0.15, 0.2) is 0 Å². The molecule has 1 fully saturated rings. The molecule has 2 rings (SSSR count). The smallest absolute Gasteiger partial charge is 0.265 e. The van der Waals surface area contributed by atoms with Gasteiger partial charge in [-0.1, -0.05) is 18.8 Å². The zero-order valence-corrected chi connectivity index (χ0v) is 12.7. The maximum atomic E-state index is 12.6. The molecule has 0 aliphatic carbocycles. The minimum atomic E-state index is -0.185. The van der Waals surface area contributed by atoms with Crippen molar-refractivity contribution >= 4 is 17.2 Å². The molecular weight excluding hydrogens is 272 g/mol. The number of aliphatic hydroxyl groups excluding tert-OH is 1. The van der Waals surface area contributed by atoms with Gasteiger partial charge in [0.25, 0.3) is 5.91 Å². The molecule has 1 amide bonds. The topological polar surface area (TPSA) is 43.8 Å². The van der Waals surface area contributed by atoms with Crippen molar-refractivity contribution < 1.29 is 9.90 Å². The van der Waals surface area contributed by atoms with E-state index in [1.54, 1.807) is 0 Å². The third kappa shape index (κ3) is 3.21. The van der Waals surface area contributed by atoms with Gasteiger partial charge in [0, 0.05) is 31.2 Å². The van der Waals surface area contributed by atoms with E-state index in [1.165, 1.54) is 11.3 Å². The van der Waals surface area contributed by atoms with E-state index in [0.29, 0.717) is 10.9 Å². The molecule has 0 saturated carbocycles. The summed E-state index contributed by atoms with van der Waals surface area (Å²) in [4.78, 5) is 17.5. The van der Waals surface area contributed by atoms with Gasteiger partial charge >= 0.3 is 0 Å². The zero-order valence-electron chi connectivity index (χ0n) is 11.9. The summed E-state index contributed by atoms with van der Waals surface area (Å²) in [6, 6.07) is 2.27. The van der Waals surface area contributed by atoms with Crippen molar-refractivity contribution in [1.82, 2.24) is 9.80 Å². The molecule has 4 nitrogen and oxygen atoms in total. The monoisotopic (exact) mass is 292 g/mol. The fourth-order valence-electron chi connectivity index (χ4n) is 2.42. The van der Waals surface area contributed by atoms with Gasteiger partial charge in [0.1, 0.15) is 11.5 Å². The normalized spacial score (nSPS) is 19.6. The van der Waals surface area contributed by atoms with Gasteiger partial charge in [-0.25, -0.2) is 0 Å². The lowest BCUT2D eigenvalue weighted by Gasteiger charge is -2.39. The summed E-state index contributed by atoms with van der Waals surface area (Å²) in [6.07, 6.45) is 1.04. The Morgan fingerprint density at radius 3 is 3.05 bits per heavy atom. The highest BCUT2D eigenvalue weighted by molar-refractivity contribution is 7.12. The van der Waals surface area contributed by atoms with Crippen molar-refractivity contribution in [2.24, 2.45) is 0 Å². The lowest BCUT2D eigenvalue weighted by Crippen LogP contribution is -2.52. The van der Waals surface area contributed by atoms with Crippen LogP contribution in [0.25, 0.3) is 0 Å². The van der Waals surface area contributed by atoms with Crippen molar-refractivity contribution in [2.45, 2.75) is 19.4 Å². The summed E-state index contributed by atoms with van der Waals surface area (Å²) in [5.41, 5.74) is 0.723. The van der Waals surface area contributed by atoms with Crippen LogP contribution in [0.4, 0.5) is 0 Å². The first-order valence-electron chi connectivity index (χ1n) is 6.84. The van der Waals surface area contributed by atoms with E-state index in [4.69, 9.17) is 5.11 Å². The lowest BCUT2D eigenvalue weighted by molar-refractivity contribution is 0.0546. The van der Waals surface area contributed by atoms with Crippen LogP contribution in [-0.2, 0) is 0 Å². The summed E-state index contributed by atoms with van der Waals surface area (Å²) >= 11 is 1.42. The van der Waals surface area contributed by atoms with Crippen LogP contribution in [0.2, 0.25) is 0 Å². The Labute approximate surface area is 124 Å². The van der Waals surface area contributed by atoms with E-state index in [-0.39, 0.29) is 12.5 Å². The highest BCUT2D eigenvalue weighted by atomic mass is 32.1. The molecule has 2 heterocycles. The number of hydrogen-bond donors (Lipinski definition) is 1. The van der Waals surface area contributed by atoms with Gasteiger partial charge in [-0.15, -0.1) is 11.3 Å². The maximum absolute atomic E-state index is 12.6. The molecule has 1 aliphatic rings. The number of aliphatic hydroxyl groups is 1. The summed E-state index contributed by atoms with van der Waals surface area (Å²) in [5.74, 6) is 5.52. The second kappa shape index (κ2) is 6.89. The zero-order chi connectivity index (χ0) is 14.5. The molecule has 1 atom stereocenters. The molecule has 1 aromatic rings. The van der Waals surface area contributed by atoms with E-state index in [2.05, 4.69) is 30.7 Å². The van der Waals surface area contributed by atoms with Crippen LogP contribution < -0.4 is 0 Å². The van der Waals surface area contributed by atoms with E-state index in [1.807, 2.05) is 16.3 Å². The van der Waals surface area contributed by atoms with Crippen molar-refractivity contribution in [3.8, 4) is 11.8 Å². The van der Waals surface area contributed by atoms with Crippen LogP contribution in [-0.4, -0.2) is 60.1 Å². The Hall–Kier alpha value is -1.35. The number of rotatable bonds is 2. The van der Waals surface area contributed by atoms with E-state index in [0.717, 1.165) is 31.6 Å². The average molecular weight is 292 g/mol. The number of carbonyl (C=O) groups is 1. The largest absolute Gasteiger partial charge is 0.384 e. The number of hydrogen-bond acceptors (Lipinski definition) is 4. The molecule has 1 N–H and O–H groups in total. The molecule has 108 valence electrons. The number of carbonyl (C=O) groups excluding carboxylic acids is 1. The minimum Gasteiger partial charge on any atom is -0.384 e. The van der Waals surface area contributed by atoms with E-state index < -0.39 is 0 Å². The van der Waals surface area contributed by atoms with Gasteiger partial charge in [0.2, 0.25) is 0 Å². The molecule has 0 spiro atoms. The number of nitrogens with zero attached hydrogens (tertiary/aromatic N) is 2. The number of thiophene rings is 1. The number of likely N-dealkylation sites (N-methyl/N-ethyl adjacent to an activating group) is 1. The Morgan fingerprint density at radius 1 is 1.55 bits per heavy atom. The van der Waals surface area contributed by atoms with Crippen molar-refractivity contribution in [2.75, 3.05) is 33.3 Å².